The summed E-state index contributed by atoms with van der Waals surface area (Å²) in [4.78, 5) is 16.6. The van der Waals surface area contributed by atoms with Crippen LogP contribution < -0.4 is 5.32 Å². The molecular weight excluding hydrogens is 340 g/mol. The summed E-state index contributed by atoms with van der Waals surface area (Å²) in [5, 5.41) is 18.4. The molecule has 0 unspecified atom stereocenters. The van der Waals surface area contributed by atoms with Gasteiger partial charge < -0.3 is 5.32 Å². The fraction of sp³-hybridized carbons (Fsp3) is 0.200. The summed E-state index contributed by atoms with van der Waals surface area (Å²) in [7, 11) is 0. The number of para-hydroxylation sites is 1. The second-order valence-electron chi connectivity index (χ2n) is 6.83. The van der Waals surface area contributed by atoms with Crippen LogP contribution in [0.3, 0.4) is 0 Å². The maximum absolute atomic E-state index is 12.4. The minimum atomic E-state index is 0.0934. The van der Waals surface area contributed by atoms with Crippen LogP contribution in [-0.2, 0) is 4.79 Å². The second kappa shape index (κ2) is 6.35. The Hall–Kier alpha value is -3.48. The molecule has 2 aromatic heterocycles. The van der Waals surface area contributed by atoms with E-state index in [2.05, 4.69) is 30.7 Å². The minimum absolute atomic E-state index is 0.0934. The molecule has 0 radical (unpaired) electrons. The van der Waals surface area contributed by atoms with E-state index in [1.54, 1.807) is 0 Å². The number of anilines is 1. The Morgan fingerprint density at radius 3 is 2.78 bits per heavy atom. The zero-order chi connectivity index (χ0) is 18.2. The van der Waals surface area contributed by atoms with Crippen molar-refractivity contribution in [3.63, 3.8) is 0 Å². The highest BCUT2D eigenvalue weighted by molar-refractivity contribution is 6.02. The lowest BCUT2D eigenvalue weighted by atomic mass is 9.84. The lowest BCUT2D eigenvalue weighted by Gasteiger charge is -2.24. The van der Waals surface area contributed by atoms with Crippen LogP contribution in [0.15, 0.2) is 48.8 Å². The zero-order valence-electron chi connectivity index (χ0n) is 14.6. The lowest BCUT2D eigenvalue weighted by molar-refractivity contribution is -0.122. The SMILES string of the molecule is O=C(Nc1ccccc1-c1n[nH]c2ccc(-c3ncn[nH]3)cc12)C1CCC1. The van der Waals surface area contributed by atoms with E-state index in [0.29, 0.717) is 5.82 Å². The fourth-order valence-corrected chi connectivity index (χ4v) is 3.42. The number of carbonyl (C=O) groups excluding carboxylic acids is 1. The third-order valence-electron chi connectivity index (χ3n) is 5.17. The highest BCUT2D eigenvalue weighted by atomic mass is 16.1. The molecule has 4 aromatic rings. The van der Waals surface area contributed by atoms with E-state index < -0.39 is 0 Å². The van der Waals surface area contributed by atoms with Gasteiger partial charge in [0.15, 0.2) is 5.82 Å². The van der Waals surface area contributed by atoms with Gasteiger partial charge in [-0.3, -0.25) is 15.0 Å². The van der Waals surface area contributed by atoms with E-state index in [0.717, 1.165) is 52.7 Å². The summed E-state index contributed by atoms with van der Waals surface area (Å²) in [6.07, 6.45) is 4.56. The summed E-state index contributed by atoms with van der Waals surface area (Å²) in [5.41, 5.74) is 4.34. The van der Waals surface area contributed by atoms with E-state index in [1.165, 1.54) is 6.33 Å². The molecule has 5 rings (SSSR count). The van der Waals surface area contributed by atoms with Crippen molar-refractivity contribution < 1.29 is 4.79 Å². The van der Waals surface area contributed by atoms with Crippen molar-refractivity contribution in [1.82, 2.24) is 25.4 Å². The van der Waals surface area contributed by atoms with Gasteiger partial charge in [-0.25, -0.2) is 4.98 Å². The molecular formula is C20H18N6O. The Morgan fingerprint density at radius 2 is 2.00 bits per heavy atom. The van der Waals surface area contributed by atoms with Crippen LogP contribution >= 0.6 is 0 Å². The van der Waals surface area contributed by atoms with Crippen molar-refractivity contribution >= 4 is 22.5 Å². The average Bonchev–Trinajstić information content (AvgIpc) is 3.30. The first-order valence-electron chi connectivity index (χ1n) is 9.04. The molecule has 1 amide bonds. The lowest BCUT2D eigenvalue weighted by Crippen LogP contribution is -2.28. The molecule has 0 bridgehead atoms. The normalized spacial score (nSPS) is 14.2. The highest BCUT2D eigenvalue weighted by Crippen LogP contribution is 2.35. The first-order chi connectivity index (χ1) is 13.3. The zero-order valence-corrected chi connectivity index (χ0v) is 14.6. The standard InChI is InChI=1S/C20H18N6O/c27-20(12-4-3-5-12)23-16-7-2-1-6-14(16)18-15-10-13(19-21-11-22-26-19)8-9-17(15)24-25-18/h1-2,6-12H,3-5H2,(H,23,27)(H,24,25)(H,21,22,26). The summed E-state index contributed by atoms with van der Waals surface area (Å²) in [5.74, 6) is 0.929. The van der Waals surface area contributed by atoms with E-state index in [4.69, 9.17) is 0 Å². The molecule has 7 nitrogen and oxygen atoms in total. The van der Waals surface area contributed by atoms with E-state index in [1.807, 2.05) is 42.5 Å². The molecule has 1 aliphatic carbocycles. The third-order valence-corrected chi connectivity index (χ3v) is 5.17. The number of hydrogen-bond donors (Lipinski definition) is 3. The number of nitrogens with zero attached hydrogens (tertiary/aromatic N) is 3. The third kappa shape index (κ3) is 2.77. The van der Waals surface area contributed by atoms with Crippen molar-refractivity contribution in [2.75, 3.05) is 5.32 Å². The molecule has 7 heteroatoms. The molecule has 1 fully saturated rings. The first kappa shape index (κ1) is 15.7. The molecule has 3 N–H and O–H groups in total. The van der Waals surface area contributed by atoms with E-state index >= 15 is 0 Å². The molecule has 0 atom stereocenters. The smallest absolute Gasteiger partial charge is 0.227 e. The van der Waals surface area contributed by atoms with Gasteiger partial charge in [0.2, 0.25) is 5.91 Å². The summed E-state index contributed by atoms with van der Waals surface area (Å²) in [6, 6.07) is 13.7. The monoisotopic (exact) mass is 358 g/mol. The van der Waals surface area contributed by atoms with Gasteiger partial charge in [-0.2, -0.15) is 10.2 Å². The van der Waals surface area contributed by atoms with Gasteiger partial charge >= 0.3 is 0 Å². The molecule has 27 heavy (non-hydrogen) atoms. The molecule has 0 saturated heterocycles. The summed E-state index contributed by atoms with van der Waals surface area (Å²) >= 11 is 0. The predicted molar refractivity (Wildman–Crippen MR) is 103 cm³/mol. The van der Waals surface area contributed by atoms with Crippen LogP contribution in [-0.4, -0.2) is 31.3 Å². The molecule has 134 valence electrons. The molecule has 0 spiro atoms. The van der Waals surface area contributed by atoms with Crippen molar-refractivity contribution in [3.8, 4) is 22.6 Å². The molecule has 2 aromatic carbocycles. The maximum Gasteiger partial charge on any atom is 0.227 e. The summed E-state index contributed by atoms with van der Waals surface area (Å²) < 4.78 is 0. The van der Waals surface area contributed by atoms with Gasteiger partial charge in [0, 0.05) is 22.4 Å². The topological polar surface area (TPSA) is 99.3 Å². The Bertz CT molecular complexity index is 1110. The van der Waals surface area contributed by atoms with Crippen molar-refractivity contribution in [2.45, 2.75) is 19.3 Å². The number of aromatic nitrogens is 5. The quantitative estimate of drug-likeness (QED) is 0.517. The number of aromatic amines is 2. The Balaban J connectivity index is 1.57. The Morgan fingerprint density at radius 1 is 1.11 bits per heavy atom. The van der Waals surface area contributed by atoms with Crippen molar-refractivity contribution in [1.29, 1.82) is 0 Å². The van der Waals surface area contributed by atoms with Gasteiger partial charge in [0.25, 0.3) is 0 Å². The fourth-order valence-electron chi connectivity index (χ4n) is 3.42. The number of hydrogen-bond acceptors (Lipinski definition) is 4. The summed E-state index contributed by atoms with van der Waals surface area (Å²) in [6.45, 7) is 0. The number of fused-ring (bicyclic) bond motifs is 1. The van der Waals surface area contributed by atoms with Crippen molar-refractivity contribution in [2.24, 2.45) is 5.92 Å². The number of H-pyrrole nitrogens is 2. The number of rotatable bonds is 4. The molecule has 1 saturated carbocycles. The number of benzene rings is 2. The van der Waals surface area contributed by atoms with Gasteiger partial charge in [0.05, 0.1) is 11.2 Å². The largest absolute Gasteiger partial charge is 0.325 e. The van der Waals surface area contributed by atoms with Crippen LogP contribution in [0.5, 0.6) is 0 Å². The molecule has 0 aliphatic heterocycles. The van der Waals surface area contributed by atoms with Crippen LogP contribution in [0.2, 0.25) is 0 Å². The number of amides is 1. The molecule has 1 aliphatic rings. The first-order valence-corrected chi connectivity index (χ1v) is 9.04. The van der Waals surface area contributed by atoms with E-state index in [9.17, 15) is 4.79 Å². The maximum atomic E-state index is 12.4. The van der Waals surface area contributed by atoms with Crippen LogP contribution in [0, 0.1) is 5.92 Å². The highest BCUT2D eigenvalue weighted by Gasteiger charge is 2.26. The number of carbonyl (C=O) groups is 1. The average molecular weight is 358 g/mol. The van der Waals surface area contributed by atoms with Gasteiger partial charge in [-0.05, 0) is 37.1 Å². The Kier molecular flexibility index (Phi) is 3.71. The van der Waals surface area contributed by atoms with Crippen LogP contribution in [0.1, 0.15) is 19.3 Å². The van der Waals surface area contributed by atoms with E-state index in [-0.39, 0.29) is 11.8 Å². The predicted octanol–water partition coefficient (Wildman–Crippen LogP) is 3.75. The van der Waals surface area contributed by atoms with Crippen molar-refractivity contribution in [3.05, 3.63) is 48.8 Å². The number of nitrogens with one attached hydrogen (secondary N) is 3. The Labute approximate surface area is 155 Å². The van der Waals surface area contributed by atoms with Crippen LogP contribution in [0.25, 0.3) is 33.5 Å². The second-order valence-corrected chi connectivity index (χ2v) is 6.83. The van der Waals surface area contributed by atoms with Crippen LogP contribution in [0.4, 0.5) is 5.69 Å². The minimum Gasteiger partial charge on any atom is -0.325 e. The van der Waals surface area contributed by atoms with Gasteiger partial charge in [-0.15, -0.1) is 0 Å². The molecule has 2 heterocycles. The van der Waals surface area contributed by atoms with Gasteiger partial charge in [-0.1, -0.05) is 24.6 Å². The van der Waals surface area contributed by atoms with Gasteiger partial charge in [0.1, 0.15) is 12.0 Å².